The molecule has 1 atom stereocenters. The van der Waals surface area contributed by atoms with Crippen molar-refractivity contribution in [1.82, 2.24) is 10.3 Å². The van der Waals surface area contributed by atoms with Crippen molar-refractivity contribution < 1.29 is 9.47 Å². The molecule has 1 aliphatic heterocycles. The van der Waals surface area contributed by atoms with Crippen LogP contribution in [0, 0.1) is 0 Å². The van der Waals surface area contributed by atoms with Gasteiger partial charge in [-0.3, -0.25) is 4.98 Å². The summed E-state index contributed by atoms with van der Waals surface area (Å²) < 4.78 is 11.7. The summed E-state index contributed by atoms with van der Waals surface area (Å²) in [5.74, 6) is 1.58. The predicted molar refractivity (Wildman–Crippen MR) is 79.8 cm³/mol. The Kier molecular flexibility index (Phi) is 3.89. The minimum Gasteiger partial charge on any atom is -0.454 e. The molecule has 0 bridgehead atoms. The fourth-order valence-electron chi connectivity index (χ4n) is 2.14. The number of fused-ring (bicyclic) bond motifs is 1. The number of benzene rings is 1. The lowest BCUT2D eigenvalue weighted by Crippen LogP contribution is -2.18. The zero-order valence-electron chi connectivity index (χ0n) is 11.1. The van der Waals surface area contributed by atoms with E-state index >= 15 is 0 Å². The number of nitrogens with one attached hydrogen (secondary N) is 1. The van der Waals surface area contributed by atoms with Crippen molar-refractivity contribution in [3.63, 3.8) is 0 Å². The summed E-state index contributed by atoms with van der Waals surface area (Å²) in [6, 6.07) is 8.32. The molecule has 0 amide bonds. The second-order valence-electron chi connectivity index (χ2n) is 4.70. The Morgan fingerprint density at radius 2 is 2.30 bits per heavy atom. The van der Waals surface area contributed by atoms with Crippen molar-refractivity contribution in [3.8, 4) is 11.5 Å². The van der Waals surface area contributed by atoms with Crippen molar-refractivity contribution in [2.24, 2.45) is 0 Å². The molecule has 0 saturated carbocycles. The molecule has 1 N–H and O–H groups in total. The molecule has 104 valence electrons. The summed E-state index contributed by atoms with van der Waals surface area (Å²) in [6.07, 6.45) is 3.67. The summed E-state index contributed by atoms with van der Waals surface area (Å²) in [7, 11) is 0. The highest BCUT2D eigenvalue weighted by Crippen LogP contribution is 2.40. The minimum absolute atomic E-state index is 0.243. The molecule has 2 heterocycles. The highest BCUT2D eigenvalue weighted by atomic mass is 79.9. The Labute approximate surface area is 126 Å². The van der Waals surface area contributed by atoms with E-state index < -0.39 is 0 Å². The molecule has 0 radical (unpaired) electrons. The number of pyridine rings is 1. The highest BCUT2D eigenvalue weighted by molar-refractivity contribution is 9.10. The van der Waals surface area contributed by atoms with E-state index in [1.54, 1.807) is 6.20 Å². The Hall–Kier alpha value is -1.59. The SMILES string of the molecule is CC(NCc1cc(Br)c2c(c1)OCO2)c1cccnc1. The molecule has 1 unspecified atom stereocenters. The molecule has 0 fully saturated rings. The van der Waals surface area contributed by atoms with Gasteiger partial charge in [-0.25, -0.2) is 0 Å². The number of hydrogen-bond acceptors (Lipinski definition) is 4. The first kappa shape index (κ1) is 13.4. The second-order valence-corrected chi connectivity index (χ2v) is 5.55. The number of hydrogen-bond donors (Lipinski definition) is 1. The van der Waals surface area contributed by atoms with Crippen LogP contribution in [0.3, 0.4) is 0 Å². The average molecular weight is 335 g/mol. The standard InChI is InChI=1S/C15H15BrN2O2/c1-10(12-3-2-4-17-8-12)18-7-11-5-13(16)15-14(6-11)19-9-20-15/h2-6,8,10,18H,7,9H2,1H3. The maximum Gasteiger partial charge on any atom is 0.231 e. The molecule has 1 aromatic heterocycles. The van der Waals surface area contributed by atoms with Crippen LogP contribution in [-0.2, 0) is 6.54 Å². The van der Waals surface area contributed by atoms with Crippen LogP contribution < -0.4 is 14.8 Å². The van der Waals surface area contributed by atoms with E-state index in [0.717, 1.165) is 28.1 Å². The fraction of sp³-hybridized carbons (Fsp3) is 0.267. The number of nitrogens with zero attached hydrogens (tertiary/aromatic N) is 1. The number of aromatic nitrogens is 1. The molecule has 3 rings (SSSR count). The molecule has 0 aliphatic carbocycles. The van der Waals surface area contributed by atoms with Crippen molar-refractivity contribution >= 4 is 15.9 Å². The van der Waals surface area contributed by atoms with Crippen molar-refractivity contribution in [2.75, 3.05) is 6.79 Å². The van der Waals surface area contributed by atoms with Crippen LogP contribution in [-0.4, -0.2) is 11.8 Å². The topological polar surface area (TPSA) is 43.4 Å². The van der Waals surface area contributed by atoms with Crippen LogP contribution in [0.1, 0.15) is 24.1 Å². The van der Waals surface area contributed by atoms with Crippen LogP contribution in [0.5, 0.6) is 11.5 Å². The normalized spacial score (nSPS) is 14.3. The van der Waals surface area contributed by atoms with Gasteiger partial charge in [-0.15, -0.1) is 0 Å². The van der Waals surface area contributed by atoms with E-state index in [1.165, 1.54) is 5.56 Å². The maximum absolute atomic E-state index is 5.42. The molecule has 2 aromatic rings. The fourth-order valence-corrected chi connectivity index (χ4v) is 2.75. The molecule has 1 aromatic carbocycles. The van der Waals surface area contributed by atoms with Crippen molar-refractivity contribution in [2.45, 2.75) is 19.5 Å². The number of halogens is 1. The van der Waals surface area contributed by atoms with Gasteiger partial charge in [0, 0.05) is 25.0 Å². The Morgan fingerprint density at radius 1 is 1.40 bits per heavy atom. The first-order chi connectivity index (χ1) is 9.74. The third kappa shape index (κ3) is 2.78. The Morgan fingerprint density at radius 3 is 3.10 bits per heavy atom. The lowest BCUT2D eigenvalue weighted by atomic mass is 10.1. The van der Waals surface area contributed by atoms with Gasteiger partial charge in [0.1, 0.15) is 0 Å². The maximum atomic E-state index is 5.42. The van der Waals surface area contributed by atoms with E-state index in [4.69, 9.17) is 9.47 Å². The van der Waals surface area contributed by atoms with Gasteiger partial charge in [-0.2, -0.15) is 0 Å². The monoisotopic (exact) mass is 334 g/mol. The van der Waals surface area contributed by atoms with Gasteiger partial charge in [0.05, 0.1) is 4.47 Å². The summed E-state index contributed by atoms with van der Waals surface area (Å²) in [5, 5.41) is 3.48. The third-order valence-corrected chi connectivity index (χ3v) is 3.87. The predicted octanol–water partition coefficient (Wildman–Crippen LogP) is 3.42. The summed E-state index contributed by atoms with van der Waals surface area (Å²) >= 11 is 3.51. The van der Waals surface area contributed by atoms with Crippen LogP contribution in [0.2, 0.25) is 0 Å². The lowest BCUT2D eigenvalue weighted by molar-refractivity contribution is 0.173. The molecule has 5 heteroatoms. The van der Waals surface area contributed by atoms with E-state index in [-0.39, 0.29) is 12.8 Å². The Balaban J connectivity index is 1.68. The molecular formula is C15H15BrN2O2. The third-order valence-electron chi connectivity index (χ3n) is 3.28. The van der Waals surface area contributed by atoms with Crippen LogP contribution in [0.4, 0.5) is 0 Å². The summed E-state index contributed by atoms with van der Waals surface area (Å²) in [6.45, 7) is 3.17. The second kappa shape index (κ2) is 5.81. The van der Waals surface area contributed by atoms with E-state index in [2.05, 4.69) is 45.3 Å². The van der Waals surface area contributed by atoms with Crippen LogP contribution in [0.25, 0.3) is 0 Å². The average Bonchev–Trinajstić information content (AvgIpc) is 2.94. The van der Waals surface area contributed by atoms with Gasteiger partial charge in [-0.05, 0) is 52.2 Å². The highest BCUT2D eigenvalue weighted by Gasteiger charge is 2.18. The lowest BCUT2D eigenvalue weighted by Gasteiger charge is -2.14. The molecule has 0 spiro atoms. The molecule has 20 heavy (non-hydrogen) atoms. The Bertz CT molecular complexity index is 604. The van der Waals surface area contributed by atoms with Gasteiger partial charge >= 0.3 is 0 Å². The van der Waals surface area contributed by atoms with Crippen LogP contribution >= 0.6 is 15.9 Å². The smallest absolute Gasteiger partial charge is 0.231 e. The van der Waals surface area contributed by atoms with Gasteiger partial charge in [0.2, 0.25) is 6.79 Å². The first-order valence-corrected chi connectivity index (χ1v) is 7.24. The molecular weight excluding hydrogens is 320 g/mol. The summed E-state index contributed by atoms with van der Waals surface area (Å²) in [5.41, 5.74) is 2.32. The first-order valence-electron chi connectivity index (χ1n) is 6.45. The molecule has 0 saturated heterocycles. The molecule has 1 aliphatic rings. The van der Waals surface area contributed by atoms with Gasteiger partial charge < -0.3 is 14.8 Å². The zero-order valence-corrected chi connectivity index (χ0v) is 12.7. The van der Waals surface area contributed by atoms with Crippen molar-refractivity contribution in [3.05, 3.63) is 52.3 Å². The van der Waals surface area contributed by atoms with Gasteiger partial charge in [0.15, 0.2) is 11.5 Å². The van der Waals surface area contributed by atoms with Gasteiger partial charge in [0.25, 0.3) is 0 Å². The molecule has 4 nitrogen and oxygen atoms in total. The largest absolute Gasteiger partial charge is 0.454 e. The van der Waals surface area contributed by atoms with E-state index in [0.29, 0.717) is 0 Å². The number of ether oxygens (including phenoxy) is 2. The van der Waals surface area contributed by atoms with Crippen molar-refractivity contribution in [1.29, 1.82) is 0 Å². The summed E-state index contributed by atoms with van der Waals surface area (Å²) in [4.78, 5) is 4.14. The minimum atomic E-state index is 0.243. The van der Waals surface area contributed by atoms with E-state index in [1.807, 2.05) is 18.3 Å². The number of rotatable bonds is 4. The van der Waals surface area contributed by atoms with Gasteiger partial charge in [-0.1, -0.05) is 6.07 Å². The van der Waals surface area contributed by atoms with E-state index in [9.17, 15) is 0 Å². The van der Waals surface area contributed by atoms with Crippen LogP contribution in [0.15, 0.2) is 41.1 Å². The zero-order chi connectivity index (χ0) is 13.9. The quantitative estimate of drug-likeness (QED) is 0.930.